The van der Waals surface area contributed by atoms with Gasteiger partial charge in [-0.25, -0.2) is 0 Å². The Morgan fingerprint density at radius 1 is 0.964 bits per heavy atom. The molecule has 0 fully saturated rings. The lowest BCUT2D eigenvalue weighted by atomic mass is 9.94. The van der Waals surface area contributed by atoms with Gasteiger partial charge in [-0.1, -0.05) is 11.2 Å². The maximum Gasteiger partial charge on any atom is 0.126 e. The zero-order valence-electron chi connectivity index (χ0n) is 17.8. The molecule has 0 amide bonds. The quantitative estimate of drug-likeness (QED) is 0.630. The van der Waals surface area contributed by atoms with Gasteiger partial charge in [-0.05, 0) is 75.6 Å². The fourth-order valence-electron chi connectivity index (χ4n) is 4.10. The van der Waals surface area contributed by atoms with Gasteiger partial charge in [0.1, 0.15) is 12.3 Å². The summed E-state index contributed by atoms with van der Waals surface area (Å²) in [7, 11) is 1.69. The van der Waals surface area contributed by atoms with E-state index in [2.05, 4.69) is 61.7 Å². The second-order valence-electron chi connectivity index (χ2n) is 8.05. The number of methoxy groups -OCH3 is 1. The van der Waals surface area contributed by atoms with Crippen molar-refractivity contribution < 1.29 is 4.74 Å². The zero-order chi connectivity index (χ0) is 20.4. The number of rotatable bonds is 6. The van der Waals surface area contributed by atoms with Gasteiger partial charge in [0.25, 0.3) is 0 Å². The van der Waals surface area contributed by atoms with E-state index in [4.69, 9.17) is 4.74 Å². The van der Waals surface area contributed by atoms with Crippen LogP contribution in [0.1, 0.15) is 38.8 Å². The van der Waals surface area contributed by atoms with Crippen LogP contribution < -0.4 is 14.5 Å². The van der Waals surface area contributed by atoms with E-state index in [9.17, 15) is 4.91 Å². The summed E-state index contributed by atoms with van der Waals surface area (Å²) in [6.45, 7) is 13.3. The van der Waals surface area contributed by atoms with Crippen molar-refractivity contribution in [3.63, 3.8) is 0 Å². The van der Waals surface area contributed by atoms with Crippen molar-refractivity contribution in [2.45, 2.75) is 53.2 Å². The van der Waals surface area contributed by atoms with Crippen molar-refractivity contribution in [2.75, 3.05) is 30.0 Å². The molecule has 3 rings (SSSR count). The van der Waals surface area contributed by atoms with Crippen molar-refractivity contribution in [3.8, 4) is 16.9 Å². The average molecular weight is 382 g/mol. The highest BCUT2D eigenvalue weighted by molar-refractivity contribution is 5.85. The number of nitroso groups, excluding NO2 is 1. The molecule has 0 radical (unpaired) electrons. The summed E-state index contributed by atoms with van der Waals surface area (Å²) in [6, 6.07) is 11.3. The standard InChI is InChI=1S/C23H31N3O2/c1-15(2)25-9-10-26(16(3)4)22-13-19(17(5)11-21(22)25)20-12-18(14-24-27)7-8-23(20)28-6/h7-8,11-13,15-16H,9-10,14H2,1-6H3. The molecule has 1 heterocycles. The molecular weight excluding hydrogens is 350 g/mol. The summed E-state index contributed by atoms with van der Waals surface area (Å²) < 4.78 is 5.63. The normalized spacial score (nSPS) is 13.9. The minimum absolute atomic E-state index is 0.167. The smallest absolute Gasteiger partial charge is 0.126 e. The Kier molecular flexibility index (Phi) is 5.92. The first-order valence-electron chi connectivity index (χ1n) is 10.0. The molecule has 2 aromatic rings. The highest BCUT2D eigenvalue weighted by Crippen LogP contribution is 2.42. The third-order valence-electron chi connectivity index (χ3n) is 5.57. The lowest BCUT2D eigenvalue weighted by Gasteiger charge is -2.43. The Bertz CT molecular complexity index is 861. The fraction of sp³-hybridized carbons (Fsp3) is 0.478. The number of benzene rings is 2. The van der Waals surface area contributed by atoms with Crippen molar-refractivity contribution >= 4 is 11.4 Å². The van der Waals surface area contributed by atoms with Gasteiger partial charge in [0.05, 0.1) is 18.5 Å². The Balaban J connectivity index is 2.20. The van der Waals surface area contributed by atoms with Crippen LogP contribution in [0.15, 0.2) is 35.5 Å². The summed E-state index contributed by atoms with van der Waals surface area (Å²) in [5.41, 5.74) is 6.79. The highest BCUT2D eigenvalue weighted by atomic mass is 16.5. The molecule has 0 bridgehead atoms. The van der Waals surface area contributed by atoms with Crippen LogP contribution in [0.4, 0.5) is 11.4 Å². The van der Waals surface area contributed by atoms with Crippen LogP contribution in [-0.2, 0) is 6.54 Å². The molecule has 0 N–H and O–H groups in total. The number of anilines is 2. The number of aryl methyl sites for hydroxylation is 1. The van der Waals surface area contributed by atoms with Crippen LogP contribution in [-0.4, -0.2) is 32.3 Å². The molecular formula is C23H31N3O2. The molecule has 5 heteroatoms. The topological polar surface area (TPSA) is 45.1 Å². The molecule has 150 valence electrons. The number of hydrogen-bond acceptors (Lipinski definition) is 5. The molecule has 0 atom stereocenters. The van der Waals surface area contributed by atoms with Crippen LogP contribution in [0, 0.1) is 11.8 Å². The predicted octanol–water partition coefficient (Wildman–Crippen LogP) is 5.38. The van der Waals surface area contributed by atoms with Crippen molar-refractivity contribution in [1.82, 2.24) is 0 Å². The monoisotopic (exact) mass is 381 g/mol. The first-order chi connectivity index (χ1) is 13.4. The van der Waals surface area contributed by atoms with Gasteiger partial charge < -0.3 is 14.5 Å². The van der Waals surface area contributed by atoms with E-state index < -0.39 is 0 Å². The zero-order valence-corrected chi connectivity index (χ0v) is 17.8. The third-order valence-corrected chi connectivity index (χ3v) is 5.57. The second kappa shape index (κ2) is 8.21. The average Bonchev–Trinajstić information content (AvgIpc) is 2.66. The van der Waals surface area contributed by atoms with E-state index in [0.29, 0.717) is 12.1 Å². The molecule has 0 aromatic heterocycles. The number of fused-ring (bicyclic) bond motifs is 1. The Morgan fingerprint density at radius 3 is 2.11 bits per heavy atom. The van der Waals surface area contributed by atoms with Gasteiger partial charge >= 0.3 is 0 Å². The Labute approximate surface area is 168 Å². The second-order valence-corrected chi connectivity index (χ2v) is 8.05. The number of nitrogens with zero attached hydrogens (tertiary/aromatic N) is 3. The summed E-state index contributed by atoms with van der Waals surface area (Å²) in [4.78, 5) is 15.7. The van der Waals surface area contributed by atoms with E-state index in [1.54, 1.807) is 7.11 Å². The summed E-state index contributed by atoms with van der Waals surface area (Å²) in [5, 5.41) is 3.05. The largest absolute Gasteiger partial charge is 0.496 e. The molecule has 2 aromatic carbocycles. The highest BCUT2D eigenvalue weighted by Gasteiger charge is 2.27. The Hall–Kier alpha value is -2.56. The molecule has 0 saturated heterocycles. The molecule has 1 aliphatic heterocycles. The molecule has 0 aliphatic carbocycles. The molecule has 1 aliphatic rings. The van der Waals surface area contributed by atoms with E-state index in [1.807, 2.05) is 18.2 Å². The lowest BCUT2D eigenvalue weighted by molar-refractivity contribution is 0.416. The summed E-state index contributed by atoms with van der Waals surface area (Å²) in [6.07, 6.45) is 0. The minimum Gasteiger partial charge on any atom is -0.496 e. The van der Waals surface area contributed by atoms with Crippen LogP contribution in [0.25, 0.3) is 11.1 Å². The fourth-order valence-corrected chi connectivity index (χ4v) is 4.10. The van der Waals surface area contributed by atoms with Crippen molar-refractivity contribution in [1.29, 1.82) is 0 Å². The predicted molar refractivity (Wildman–Crippen MR) is 118 cm³/mol. The minimum atomic E-state index is 0.167. The number of ether oxygens (including phenoxy) is 1. The molecule has 0 unspecified atom stereocenters. The summed E-state index contributed by atoms with van der Waals surface area (Å²) >= 11 is 0. The van der Waals surface area contributed by atoms with Gasteiger partial charge in [-0.2, -0.15) is 4.91 Å². The van der Waals surface area contributed by atoms with Crippen LogP contribution >= 0.6 is 0 Å². The maximum absolute atomic E-state index is 10.8. The maximum atomic E-state index is 10.8. The van der Waals surface area contributed by atoms with Gasteiger partial charge in [-0.15, -0.1) is 0 Å². The van der Waals surface area contributed by atoms with E-state index in [1.165, 1.54) is 16.9 Å². The first-order valence-corrected chi connectivity index (χ1v) is 10.0. The van der Waals surface area contributed by atoms with Crippen molar-refractivity contribution in [2.24, 2.45) is 5.18 Å². The number of hydrogen-bond donors (Lipinski definition) is 0. The molecule has 5 nitrogen and oxygen atoms in total. The third kappa shape index (κ3) is 3.71. The van der Waals surface area contributed by atoms with Crippen molar-refractivity contribution in [3.05, 3.63) is 46.4 Å². The molecule has 28 heavy (non-hydrogen) atoms. The molecule has 0 saturated carbocycles. The molecule has 0 spiro atoms. The SMILES string of the molecule is COc1ccc(CN=O)cc1-c1cc2c(cc1C)N(C(C)C)CCN2C(C)C. The first kappa shape index (κ1) is 20.2. The lowest BCUT2D eigenvalue weighted by Crippen LogP contribution is -2.46. The Morgan fingerprint density at radius 2 is 1.57 bits per heavy atom. The van der Waals surface area contributed by atoms with Gasteiger partial charge in [-0.3, -0.25) is 0 Å². The van der Waals surface area contributed by atoms with E-state index in [0.717, 1.165) is 35.5 Å². The van der Waals surface area contributed by atoms with E-state index in [-0.39, 0.29) is 6.54 Å². The van der Waals surface area contributed by atoms with Crippen LogP contribution in [0.5, 0.6) is 5.75 Å². The van der Waals surface area contributed by atoms with Gasteiger partial charge in [0.2, 0.25) is 0 Å². The summed E-state index contributed by atoms with van der Waals surface area (Å²) in [5.74, 6) is 0.810. The van der Waals surface area contributed by atoms with Gasteiger partial charge in [0.15, 0.2) is 0 Å². The van der Waals surface area contributed by atoms with Gasteiger partial charge in [0, 0.05) is 30.7 Å². The van der Waals surface area contributed by atoms with E-state index >= 15 is 0 Å². The van der Waals surface area contributed by atoms with Crippen LogP contribution in [0.2, 0.25) is 0 Å². The van der Waals surface area contributed by atoms with Crippen LogP contribution in [0.3, 0.4) is 0 Å².